The molecule has 0 unspecified atom stereocenters. The van der Waals surface area contributed by atoms with Gasteiger partial charge >= 0.3 is 0 Å². The highest BCUT2D eigenvalue weighted by Gasteiger charge is 2.31. The summed E-state index contributed by atoms with van der Waals surface area (Å²) in [4.78, 5) is 14.0. The molecular formula is C14H23N5. The van der Waals surface area contributed by atoms with Crippen LogP contribution in [0.1, 0.15) is 25.3 Å². The first-order valence-corrected chi connectivity index (χ1v) is 7.34. The minimum absolute atomic E-state index is 0.743. The second-order valence-electron chi connectivity index (χ2n) is 5.48. The average Bonchev–Trinajstić information content (AvgIpc) is 3.26. The summed E-state index contributed by atoms with van der Waals surface area (Å²) in [7, 11) is 0. The molecule has 1 aromatic rings. The molecule has 2 fully saturated rings. The molecule has 0 spiro atoms. The summed E-state index contributed by atoms with van der Waals surface area (Å²) in [5.41, 5.74) is 1.17. The molecule has 0 bridgehead atoms. The molecule has 0 aromatic carbocycles. The zero-order valence-electron chi connectivity index (χ0n) is 11.9. The zero-order chi connectivity index (χ0) is 13.2. The van der Waals surface area contributed by atoms with E-state index in [1.165, 1.54) is 31.5 Å². The van der Waals surface area contributed by atoms with Crippen molar-refractivity contribution in [3.8, 4) is 0 Å². The number of hydrogen-bond donors (Lipinski definition) is 1. The van der Waals surface area contributed by atoms with E-state index in [9.17, 15) is 0 Å². The van der Waals surface area contributed by atoms with Gasteiger partial charge in [-0.15, -0.1) is 0 Å². The van der Waals surface area contributed by atoms with Gasteiger partial charge in [-0.05, 0) is 26.7 Å². The largest absolute Gasteiger partial charge is 0.354 e. The average molecular weight is 261 g/mol. The van der Waals surface area contributed by atoms with Gasteiger partial charge in [0, 0.05) is 50.5 Å². The number of rotatable bonds is 4. The minimum atomic E-state index is 0.743. The van der Waals surface area contributed by atoms with E-state index in [2.05, 4.69) is 38.9 Å². The summed E-state index contributed by atoms with van der Waals surface area (Å²) < 4.78 is 0. The van der Waals surface area contributed by atoms with Crippen molar-refractivity contribution in [1.29, 1.82) is 0 Å². The Balaban J connectivity index is 1.69. The molecule has 5 heteroatoms. The van der Waals surface area contributed by atoms with Gasteiger partial charge in [-0.2, -0.15) is 4.98 Å². The van der Waals surface area contributed by atoms with Crippen LogP contribution in [0.25, 0.3) is 0 Å². The molecule has 1 aromatic heterocycles. The van der Waals surface area contributed by atoms with Gasteiger partial charge in [-0.1, -0.05) is 0 Å². The van der Waals surface area contributed by atoms with Gasteiger partial charge in [0.25, 0.3) is 0 Å². The van der Waals surface area contributed by atoms with Crippen LogP contribution in [0, 0.1) is 6.92 Å². The molecule has 1 saturated carbocycles. The Hall–Kier alpha value is -1.36. The van der Waals surface area contributed by atoms with E-state index in [0.29, 0.717) is 0 Å². The summed E-state index contributed by atoms with van der Waals surface area (Å²) >= 11 is 0. The quantitative estimate of drug-likeness (QED) is 0.890. The summed E-state index contributed by atoms with van der Waals surface area (Å²) in [6.45, 7) is 9.53. The number of anilines is 2. The second-order valence-corrected chi connectivity index (χ2v) is 5.48. The standard InChI is InChI=1S/C14H23N5/c1-3-15-14-16-10-11(2)13(17-14)19-8-6-18(7-9-19)12-4-5-12/h10,12H,3-9H2,1-2H3,(H,15,16,17). The van der Waals surface area contributed by atoms with Crippen molar-refractivity contribution >= 4 is 11.8 Å². The van der Waals surface area contributed by atoms with Crippen LogP contribution < -0.4 is 10.2 Å². The highest BCUT2D eigenvalue weighted by Crippen LogP contribution is 2.28. The molecular weight excluding hydrogens is 238 g/mol. The lowest BCUT2D eigenvalue weighted by atomic mass is 10.2. The normalized spacial score (nSPS) is 20.6. The first-order valence-electron chi connectivity index (χ1n) is 7.34. The molecule has 1 aliphatic heterocycles. The molecule has 0 atom stereocenters. The third kappa shape index (κ3) is 2.81. The van der Waals surface area contributed by atoms with Gasteiger partial charge in [0.05, 0.1) is 0 Å². The monoisotopic (exact) mass is 261 g/mol. The van der Waals surface area contributed by atoms with Gasteiger partial charge in [-0.3, -0.25) is 4.90 Å². The number of hydrogen-bond acceptors (Lipinski definition) is 5. The zero-order valence-corrected chi connectivity index (χ0v) is 11.9. The lowest BCUT2D eigenvalue weighted by Gasteiger charge is -2.36. The predicted octanol–water partition coefficient (Wildman–Crippen LogP) is 1.50. The van der Waals surface area contributed by atoms with E-state index in [-0.39, 0.29) is 0 Å². The summed E-state index contributed by atoms with van der Waals surface area (Å²) in [6.07, 6.45) is 4.72. The Kier molecular flexibility index (Phi) is 3.55. The molecule has 2 aliphatic rings. The Morgan fingerprint density at radius 3 is 2.63 bits per heavy atom. The van der Waals surface area contributed by atoms with Crippen LogP contribution >= 0.6 is 0 Å². The van der Waals surface area contributed by atoms with Gasteiger partial charge in [0.2, 0.25) is 5.95 Å². The van der Waals surface area contributed by atoms with E-state index in [1.54, 1.807) is 0 Å². The third-order valence-corrected chi connectivity index (χ3v) is 3.96. The van der Waals surface area contributed by atoms with Crippen molar-refractivity contribution in [3.63, 3.8) is 0 Å². The van der Waals surface area contributed by atoms with Crippen LogP contribution in [0.4, 0.5) is 11.8 Å². The number of aryl methyl sites for hydroxylation is 1. The van der Waals surface area contributed by atoms with Crippen LogP contribution in [-0.2, 0) is 0 Å². The third-order valence-electron chi connectivity index (χ3n) is 3.96. The highest BCUT2D eigenvalue weighted by molar-refractivity contribution is 5.49. The Bertz CT molecular complexity index is 435. The Labute approximate surface area is 115 Å². The molecule has 0 radical (unpaired) electrons. The van der Waals surface area contributed by atoms with Crippen LogP contribution in [-0.4, -0.2) is 53.6 Å². The summed E-state index contributed by atoms with van der Waals surface area (Å²) in [5, 5.41) is 3.19. The molecule has 3 rings (SSSR count). The fraction of sp³-hybridized carbons (Fsp3) is 0.714. The first-order chi connectivity index (χ1) is 9.28. The number of piperazine rings is 1. The molecule has 2 heterocycles. The predicted molar refractivity (Wildman–Crippen MR) is 77.7 cm³/mol. The Morgan fingerprint density at radius 2 is 2.00 bits per heavy atom. The fourth-order valence-corrected chi connectivity index (χ4v) is 2.74. The van der Waals surface area contributed by atoms with Gasteiger partial charge in [-0.25, -0.2) is 4.98 Å². The van der Waals surface area contributed by atoms with E-state index in [1.807, 2.05) is 6.20 Å². The minimum Gasteiger partial charge on any atom is -0.354 e. The van der Waals surface area contributed by atoms with E-state index in [4.69, 9.17) is 0 Å². The first kappa shape index (κ1) is 12.7. The van der Waals surface area contributed by atoms with Gasteiger partial charge < -0.3 is 10.2 Å². The highest BCUT2D eigenvalue weighted by atomic mass is 15.3. The van der Waals surface area contributed by atoms with Gasteiger partial charge in [0.15, 0.2) is 0 Å². The van der Waals surface area contributed by atoms with Gasteiger partial charge in [0.1, 0.15) is 5.82 Å². The SMILES string of the molecule is CCNc1ncc(C)c(N2CCN(C3CC3)CC2)n1. The molecule has 1 N–H and O–H groups in total. The maximum Gasteiger partial charge on any atom is 0.224 e. The van der Waals surface area contributed by atoms with E-state index < -0.39 is 0 Å². The smallest absolute Gasteiger partial charge is 0.224 e. The topological polar surface area (TPSA) is 44.3 Å². The Morgan fingerprint density at radius 1 is 1.26 bits per heavy atom. The van der Waals surface area contributed by atoms with Crippen molar-refractivity contribution in [2.24, 2.45) is 0 Å². The molecule has 1 saturated heterocycles. The van der Waals surface area contributed by atoms with Crippen molar-refractivity contribution in [2.75, 3.05) is 42.9 Å². The maximum absolute atomic E-state index is 4.66. The second kappa shape index (κ2) is 5.33. The summed E-state index contributed by atoms with van der Waals surface area (Å²) in [6, 6.07) is 0.881. The number of nitrogens with zero attached hydrogens (tertiary/aromatic N) is 4. The van der Waals surface area contributed by atoms with Crippen LogP contribution in [0.2, 0.25) is 0 Å². The van der Waals surface area contributed by atoms with E-state index in [0.717, 1.165) is 37.4 Å². The molecule has 1 aliphatic carbocycles. The van der Waals surface area contributed by atoms with Crippen LogP contribution in [0.5, 0.6) is 0 Å². The van der Waals surface area contributed by atoms with Crippen LogP contribution in [0.15, 0.2) is 6.20 Å². The van der Waals surface area contributed by atoms with Crippen molar-refractivity contribution in [1.82, 2.24) is 14.9 Å². The van der Waals surface area contributed by atoms with E-state index >= 15 is 0 Å². The molecule has 19 heavy (non-hydrogen) atoms. The number of aromatic nitrogens is 2. The fourth-order valence-electron chi connectivity index (χ4n) is 2.74. The van der Waals surface area contributed by atoms with Crippen molar-refractivity contribution in [2.45, 2.75) is 32.7 Å². The summed E-state index contributed by atoms with van der Waals surface area (Å²) in [5.74, 6) is 1.84. The molecule has 5 nitrogen and oxygen atoms in total. The molecule has 0 amide bonds. The maximum atomic E-state index is 4.66. The lowest BCUT2D eigenvalue weighted by molar-refractivity contribution is 0.247. The number of nitrogens with one attached hydrogen (secondary N) is 1. The molecule has 104 valence electrons. The lowest BCUT2D eigenvalue weighted by Crippen LogP contribution is -2.47. The van der Waals surface area contributed by atoms with Crippen LogP contribution in [0.3, 0.4) is 0 Å². The van der Waals surface area contributed by atoms with Crippen molar-refractivity contribution < 1.29 is 0 Å². The van der Waals surface area contributed by atoms with Crippen molar-refractivity contribution in [3.05, 3.63) is 11.8 Å².